The van der Waals surface area contributed by atoms with E-state index in [0.717, 1.165) is 30.5 Å². The summed E-state index contributed by atoms with van der Waals surface area (Å²) in [4.78, 5) is 5.18. The van der Waals surface area contributed by atoms with Crippen molar-refractivity contribution >= 4 is 21.2 Å². The molecule has 1 aromatic heterocycles. The minimum Gasteiger partial charge on any atom is -0.310 e. The Morgan fingerprint density at radius 3 is 2.68 bits per heavy atom. The van der Waals surface area contributed by atoms with Crippen LogP contribution in [0.1, 0.15) is 29.1 Å². The standard InChI is InChI=1S/C15H19FN2O2S2/c1-10(17-7-6-14-11(2)18-9-21-14)12-4-5-15(13(16)8-12)22(3,19)20/h4-5,8-10,17H,6-7H2,1-3H3. The summed E-state index contributed by atoms with van der Waals surface area (Å²) in [6, 6.07) is 4.20. The van der Waals surface area contributed by atoms with Crippen molar-refractivity contribution in [1.82, 2.24) is 10.3 Å². The van der Waals surface area contributed by atoms with Crippen molar-refractivity contribution in [1.29, 1.82) is 0 Å². The smallest absolute Gasteiger partial charge is 0.178 e. The maximum absolute atomic E-state index is 13.9. The van der Waals surface area contributed by atoms with Gasteiger partial charge in [-0.2, -0.15) is 0 Å². The molecule has 0 fully saturated rings. The van der Waals surface area contributed by atoms with E-state index in [9.17, 15) is 12.8 Å². The van der Waals surface area contributed by atoms with Gasteiger partial charge in [0, 0.05) is 23.7 Å². The van der Waals surface area contributed by atoms with E-state index < -0.39 is 15.7 Å². The molecule has 1 N–H and O–H groups in total. The molecule has 1 atom stereocenters. The Kier molecular flexibility index (Phi) is 5.31. The molecule has 0 saturated carbocycles. The van der Waals surface area contributed by atoms with Gasteiger partial charge in [0.15, 0.2) is 9.84 Å². The van der Waals surface area contributed by atoms with Crippen LogP contribution in [0.5, 0.6) is 0 Å². The van der Waals surface area contributed by atoms with Gasteiger partial charge in [-0.25, -0.2) is 17.8 Å². The van der Waals surface area contributed by atoms with Gasteiger partial charge in [-0.05, 0) is 38.0 Å². The Hall–Kier alpha value is -1.31. The third-order valence-corrected chi connectivity index (χ3v) is 5.63. The first kappa shape index (κ1) is 17.1. The number of aromatic nitrogens is 1. The fraction of sp³-hybridized carbons (Fsp3) is 0.400. The van der Waals surface area contributed by atoms with Crippen LogP contribution in [0.15, 0.2) is 28.6 Å². The molecule has 4 nitrogen and oxygen atoms in total. The summed E-state index contributed by atoms with van der Waals surface area (Å²) >= 11 is 1.63. The van der Waals surface area contributed by atoms with Crippen molar-refractivity contribution in [3.05, 3.63) is 45.7 Å². The molecule has 22 heavy (non-hydrogen) atoms. The summed E-state index contributed by atoms with van der Waals surface area (Å²) in [6.45, 7) is 4.66. The van der Waals surface area contributed by atoms with Gasteiger partial charge in [0.1, 0.15) is 10.7 Å². The minimum absolute atomic E-state index is 0.0589. The van der Waals surface area contributed by atoms with Crippen LogP contribution in [-0.4, -0.2) is 26.2 Å². The molecule has 0 radical (unpaired) electrons. The number of benzene rings is 1. The van der Waals surface area contributed by atoms with Gasteiger partial charge in [0.2, 0.25) is 0 Å². The first-order valence-corrected chi connectivity index (χ1v) is 9.68. The monoisotopic (exact) mass is 342 g/mol. The molecule has 120 valence electrons. The van der Waals surface area contributed by atoms with Crippen LogP contribution < -0.4 is 5.32 Å². The number of halogens is 1. The van der Waals surface area contributed by atoms with Crippen molar-refractivity contribution in [2.75, 3.05) is 12.8 Å². The maximum Gasteiger partial charge on any atom is 0.178 e. The summed E-state index contributed by atoms with van der Waals surface area (Å²) in [6.07, 6.45) is 1.87. The second kappa shape index (κ2) is 6.85. The maximum atomic E-state index is 13.9. The SMILES string of the molecule is Cc1ncsc1CCNC(C)c1ccc(S(C)(=O)=O)c(F)c1. The normalized spacial score (nSPS) is 13.3. The van der Waals surface area contributed by atoms with Gasteiger partial charge in [-0.1, -0.05) is 6.07 Å². The van der Waals surface area contributed by atoms with E-state index in [1.165, 1.54) is 17.0 Å². The highest BCUT2D eigenvalue weighted by atomic mass is 32.2. The third kappa shape index (κ3) is 4.12. The summed E-state index contributed by atoms with van der Waals surface area (Å²) in [5, 5.41) is 3.31. The van der Waals surface area contributed by atoms with Crippen LogP contribution in [-0.2, 0) is 16.3 Å². The number of hydrogen-bond donors (Lipinski definition) is 1. The fourth-order valence-electron chi connectivity index (χ4n) is 2.17. The predicted molar refractivity (Wildman–Crippen MR) is 86.5 cm³/mol. The molecule has 2 aromatic rings. The number of sulfone groups is 1. The van der Waals surface area contributed by atoms with Crippen LogP contribution in [0.4, 0.5) is 4.39 Å². The van der Waals surface area contributed by atoms with E-state index in [1.807, 2.05) is 19.4 Å². The lowest BCUT2D eigenvalue weighted by atomic mass is 10.1. The summed E-state index contributed by atoms with van der Waals surface area (Å²) < 4.78 is 36.7. The number of rotatable bonds is 6. The van der Waals surface area contributed by atoms with Gasteiger partial charge in [-0.15, -0.1) is 11.3 Å². The Morgan fingerprint density at radius 1 is 1.41 bits per heavy atom. The molecule has 1 heterocycles. The number of aryl methyl sites for hydroxylation is 1. The summed E-state index contributed by atoms with van der Waals surface area (Å²) in [7, 11) is -3.53. The van der Waals surface area contributed by atoms with Gasteiger partial charge in [0.25, 0.3) is 0 Å². The number of nitrogens with zero attached hydrogens (tertiary/aromatic N) is 1. The Balaban J connectivity index is 1.99. The van der Waals surface area contributed by atoms with Crippen molar-refractivity contribution in [3.8, 4) is 0 Å². The van der Waals surface area contributed by atoms with E-state index in [-0.39, 0.29) is 10.9 Å². The van der Waals surface area contributed by atoms with Crippen LogP contribution >= 0.6 is 11.3 Å². The van der Waals surface area contributed by atoms with E-state index in [4.69, 9.17) is 0 Å². The molecular weight excluding hydrogens is 323 g/mol. The molecule has 0 aliphatic heterocycles. The molecule has 0 aliphatic rings. The first-order chi connectivity index (χ1) is 10.3. The summed E-state index contributed by atoms with van der Waals surface area (Å²) in [5.74, 6) is -0.702. The van der Waals surface area contributed by atoms with E-state index in [1.54, 1.807) is 17.4 Å². The zero-order chi connectivity index (χ0) is 16.3. The molecule has 0 bridgehead atoms. The van der Waals surface area contributed by atoms with Crippen LogP contribution in [0, 0.1) is 12.7 Å². The highest BCUT2D eigenvalue weighted by molar-refractivity contribution is 7.90. The predicted octanol–water partition coefficient (Wildman–Crippen LogP) is 2.89. The second-order valence-electron chi connectivity index (χ2n) is 5.25. The van der Waals surface area contributed by atoms with Crippen molar-refractivity contribution in [3.63, 3.8) is 0 Å². The minimum atomic E-state index is -3.53. The Morgan fingerprint density at radius 2 is 2.14 bits per heavy atom. The molecule has 7 heteroatoms. The molecule has 0 amide bonds. The van der Waals surface area contributed by atoms with Gasteiger partial charge < -0.3 is 5.32 Å². The average Bonchev–Trinajstić information content (AvgIpc) is 2.82. The topological polar surface area (TPSA) is 59.1 Å². The highest BCUT2D eigenvalue weighted by Crippen LogP contribution is 2.20. The van der Waals surface area contributed by atoms with E-state index in [2.05, 4.69) is 10.3 Å². The largest absolute Gasteiger partial charge is 0.310 e. The molecule has 0 saturated heterocycles. The zero-order valence-electron chi connectivity index (χ0n) is 12.8. The van der Waals surface area contributed by atoms with E-state index in [0.29, 0.717) is 0 Å². The zero-order valence-corrected chi connectivity index (χ0v) is 14.4. The summed E-state index contributed by atoms with van der Waals surface area (Å²) in [5.41, 5.74) is 3.60. The molecule has 0 spiro atoms. The Bertz CT molecular complexity index is 757. The number of thiazole rings is 1. The number of hydrogen-bond acceptors (Lipinski definition) is 5. The average molecular weight is 342 g/mol. The number of nitrogens with one attached hydrogen (secondary N) is 1. The fourth-order valence-corrected chi connectivity index (χ4v) is 3.68. The van der Waals surface area contributed by atoms with Gasteiger partial charge in [-0.3, -0.25) is 0 Å². The molecule has 2 rings (SSSR count). The molecule has 0 aliphatic carbocycles. The Labute approximate surface area is 134 Å². The first-order valence-electron chi connectivity index (χ1n) is 6.91. The van der Waals surface area contributed by atoms with Crippen LogP contribution in [0.2, 0.25) is 0 Å². The molecule has 1 aromatic carbocycles. The van der Waals surface area contributed by atoms with Crippen LogP contribution in [0.3, 0.4) is 0 Å². The van der Waals surface area contributed by atoms with Gasteiger partial charge >= 0.3 is 0 Å². The molecule has 1 unspecified atom stereocenters. The van der Waals surface area contributed by atoms with Crippen molar-refractivity contribution in [2.24, 2.45) is 0 Å². The van der Waals surface area contributed by atoms with E-state index >= 15 is 0 Å². The van der Waals surface area contributed by atoms with Gasteiger partial charge in [0.05, 0.1) is 11.2 Å². The van der Waals surface area contributed by atoms with Crippen molar-refractivity contribution in [2.45, 2.75) is 31.2 Å². The van der Waals surface area contributed by atoms with Crippen LogP contribution in [0.25, 0.3) is 0 Å². The third-order valence-electron chi connectivity index (χ3n) is 3.50. The highest BCUT2D eigenvalue weighted by Gasteiger charge is 2.15. The lowest BCUT2D eigenvalue weighted by Crippen LogP contribution is -2.21. The quantitative estimate of drug-likeness (QED) is 0.877. The molecular formula is C15H19FN2O2S2. The lowest BCUT2D eigenvalue weighted by molar-refractivity contribution is 0.552. The second-order valence-corrected chi connectivity index (χ2v) is 8.17. The lowest BCUT2D eigenvalue weighted by Gasteiger charge is -2.15. The van der Waals surface area contributed by atoms with Crippen molar-refractivity contribution < 1.29 is 12.8 Å².